The molecule has 0 bridgehead atoms. The molecule has 0 aromatic heterocycles. The molecule has 2 aromatic rings. The quantitative estimate of drug-likeness (QED) is 0.670. The molecule has 0 amide bonds. The van der Waals surface area contributed by atoms with Gasteiger partial charge in [0.15, 0.2) is 0 Å². The third kappa shape index (κ3) is 5.13. The molecule has 0 saturated carbocycles. The van der Waals surface area contributed by atoms with Crippen molar-refractivity contribution in [1.29, 1.82) is 0 Å². The van der Waals surface area contributed by atoms with Gasteiger partial charge in [-0.2, -0.15) is 0 Å². The number of carbonyl (C=O) groups excluding carboxylic acids is 1. The van der Waals surface area contributed by atoms with Gasteiger partial charge in [0.05, 0.1) is 19.6 Å². The van der Waals surface area contributed by atoms with Gasteiger partial charge in [-0.15, -0.1) is 0 Å². The van der Waals surface area contributed by atoms with E-state index in [1.807, 2.05) is 61.5 Å². The molecule has 122 valence electrons. The van der Waals surface area contributed by atoms with Gasteiger partial charge < -0.3 is 9.47 Å². The average Bonchev–Trinajstić information content (AvgIpc) is 2.59. The Morgan fingerprint density at radius 1 is 0.957 bits per heavy atom. The van der Waals surface area contributed by atoms with Crippen molar-refractivity contribution in [3.8, 4) is 5.75 Å². The smallest absolute Gasteiger partial charge is 0.306 e. The fourth-order valence-corrected chi connectivity index (χ4v) is 2.52. The van der Waals surface area contributed by atoms with Crippen LogP contribution in [0.2, 0.25) is 0 Å². The van der Waals surface area contributed by atoms with Crippen molar-refractivity contribution >= 4 is 5.97 Å². The first-order valence-corrected chi connectivity index (χ1v) is 8.18. The van der Waals surface area contributed by atoms with Crippen molar-refractivity contribution < 1.29 is 14.3 Å². The van der Waals surface area contributed by atoms with Crippen LogP contribution in [-0.4, -0.2) is 19.2 Å². The summed E-state index contributed by atoms with van der Waals surface area (Å²) in [7, 11) is 0. The van der Waals surface area contributed by atoms with Gasteiger partial charge in [-0.25, -0.2) is 0 Å². The van der Waals surface area contributed by atoms with Crippen LogP contribution in [0.1, 0.15) is 43.7 Å². The highest BCUT2D eigenvalue weighted by Crippen LogP contribution is 2.29. The van der Waals surface area contributed by atoms with Crippen LogP contribution >= 0.6 is 0 Å². The molecular formula is C20H24O3. The second-order valence-electron chi connectivity index (χ2n) is 5.39. The van der Waals surface area contributed by atoms with Crippen molar-refractivity contribution in [3.05, 3.63) is 65.7 Å². The first-order valence-electron chi connectivity index (χ1n) is 8.18. The Balaban J connectivity index is 2.21. The minimum atomic E-state index is -0.173. The second-order valence-corrected chi connectivity index (χ2v) is 5.39. The van der Waals surface area contributed by atoms with Crippen molar-refractivity contribution in [3.63, 3.8) is 0 Å². The Kier molecular flexibility index (Phi) is 6.67. The van der Waals surface area contributed by atoms with E-state index in [0.717, 1.165) is 23.3 Å². The lowest BCUT2D eigenvalue weighted by atomic mass is 9.88. The van der Waals surface area contributed by atoms with E-state index in [0.29, 0.717) is 19.6 Å². The summed E-state index contributed by atoms with van der Waals surface area (Å²) >= 11 is 0. The van der Waals surface area contributed by atoms with E-state index in [1.54, 1.807) is 0 Å². The van der Waals surface area contributed by atoms with Crippen molar-refractivity contribution in [2.45, 2.75) is 32.6 Å². The Hall–Kier alpha value is -2.29. The molecule has 0 N–H and O–H groups in total. The van der Waals surface area contributed by atoms with E-state index < -0.39 is 0 Å². The maximum Gasteiger partial charge on any atom is 0.306 e. The summed E-state index contributed by atoms with van der Waals surface area (Å²) in [4.78, 5) is 12.0. The van der Waals surface area contributed by atoms with Gasteiger partial charge >= 0.3 is 5.97 Å². The Morgan fingerprint density at radius 2 is 1.61 bits per heavy atom. The van der Waals surface area contributed by atoms with Crippen LogP contribution in [0, 0.1) is 0 Å². The number of hydrogen-bond donors (Lipinski definition) is 0. The molecule has 0 saturated heterocycles. The number of ether oxygens (including phenoxy) is 2. The maximum atomic E-state index is 12.0. The minimum Gasteiger partial charge on any atom is -0.494 e. The SMILES string of the molecule is CCCOc1ccc([C@H](CC(=O)OCC)c2ccccc2)cc1. The zero-order valence-electron chi connectivity index (χ0n) is 13.8. The highest BCUT2D eigenvalue weighted by molar-refractivity contribution is 5.71. The van der Waals surface area contributed by atoms with Crippen molar-refractivity contribution in [2.24, 2.45) is 0 Å². The standard InChI is InChI=1S/C20H24O3/c1-3-14-23-18-12-10-17(11-13-18)19(15-20(21)22-4-2)16-8-6-5-7-9-16/h5-13,19H,3-4,14-15H2,1-2H3/t19-/m1/s1. The zero-order valence-corrected chi connectivity index (χ0v) is 13.8. The lowest BCUT2D eigenvalue weighted by molar-refractivity contribution is -0.143. The maximum absolute atomic E-state index is 12.0. The lowest BCUT2D eigenvalue weighted by Crippen LogP contribution is -2.11. The summed E-state index contributed by atoms with van der Waals surface area (Å²) in [6.07, 6.45) is 1.32. The molecule has 23 heavy (non-hydrogen) atoms. The van der Waals surface area contributed by atoms with Gasteiger partial charge in [-0.1, -0.05) is 49.4 Å². The van der Waals surface area contributed by atoms with Gasteiger partial charge in [0.2, 0.25) is 0 Å². The van der Waals surface area contributed by atoms with Gasteiger partial charge in [0.25, 0.3) is 0 Å². The van der Waals surface area contributed by atoms with Crippen LogP contribution < -0.4 is 4.74 Å². The van der Waals surface area contributed by atoms with Gasteiger partial charge in [0.1, 0.15) is 5.75 Å². The monoisotopic (exact) mass is 312 g/mol. The predicted molar refractivity (Wildman–Crippen MR) is 91.8 cm³/mol. The van der Waals surface area contributed by atoms with Crippen LogP contribution in [0.3, 0.4) is 0 Å². The first kappa shape index (κ1) is 17.1. The molecule has 2 rings (SSSR count). The molecule has 3 nitrogen and oxygen atoms in total. The van der Waals surface area contributed by atoms with Crippen molar-refractivity contribution in [2.75, 3.05) is 13.2 Å². The minimum absolute atomic E-state index is 0.00419. The van der Waals surface area contributed by atoms with Crippen molar-refractivity contribution in [1.82, 2.24) is 0 Å². The van der Waals surface area contributed by atoms with E-state index in [4.69, 9.17) is 9.47 Å². The van der Waals surface area contributed by atoms with Gasteiger partial charge in [-0.05, 0) is 36.6 Å². The van der Waals surface area contributed by atoms with E-state index in [9.17, 15) is 4.79 Å². The molecule has 0 spiro atoms. The average molecular weight is 312 g/mol. The Labute approximate surface area is 138 Å². The van der Waals surface area contributed by atoms with Crippen LogP contribution in [0.4, 0.5) is 0 Å². The van der Waals surface area contributed by atoms with Gasteiger partial charge in [0, 0.05) is 5.92 Å². The molecule has 3 heteroatoms. The largest absolute Gasteiger partial charge is 0.494 e. The normalized spacial score (nSPS) is 11.7. The zero-order chi connectivity index (χ0) is 16.5. The second kappa shape index (κ2) is 8.99. The van der Waals surface area contributed by atoms with E-state index in [2.05, 4.69) is 6.92 Å². The molecule has 0 aliphatic rings. The van der Waals surface area contributed by atoms with Gasteiger partial charge in [-0.3, -0.25) is 4.79 Å². The van der Waals surface area contributed by atoms with E-state index in [1.165, 1.54) is 0 Å². The fourth-order valence-electron chi connectivity index (χ4n) is 2.52. The number of hydrogen-bond acceptors (Lipinski definition) is 3. The molecular weight excluding hydrogens is 288 g/mol. The first-order chi connectivity index (χ1) is 11.2. The lowest BCUT2D eigenvalue weighted by Gasteiger charge is -2.18. The highest BCUT2D eigenvalue weighted by atomic mass is 16.5. The molecule has 0 heterocycles. The summed E-state index contributed by atoms with van der Waals surface area (Å²) in [5.41, 5.74) is 2.20. The van der Waals surface area contributed by atoms with Crippen LogP contribution in [-0.2, 0) is 9.53 Å². The number of esters is 1. The molecule has 0 aliphatic heterocycles. The summed E-state index contributed by atoms with van der Waals surface area (Å²) in [5.74, 6) is 0.682. The molecule has 0 fully saturated rings. The summed E-state index contributed by atoms with van der Waals surface area (Å²) in [5, 5.41) is 0. The molecule has 0 radical (unpaired) electrons. The van der Waals surface area contributed by atoms with E-state index in [-0.39, 0.29) is 11.9 Å². The number of carbonyl (C=O) groups is 1. The molecule has 0 unspecified atom stereocenters. The van der Waals surface area contributed by atoms with Crippen LogP contribution in [0.5, 0.6) is 5.75 Å². The Morgan fingerprint density at radius 3 is 2.22 bits per heavy atom. The third-order valence-corrected chi connectivity index (χ3v) is 3.63. The summed E-state index contributed by atoms with van der Waals surface area (Å²) < 4.78 is 10.8. The van der Waals surface area contributed by atoms with Crippen LogP contribution in [0.15, 0.2) is 54.6 Å². The topological polar surface area (TPSA) is 35.5 Å². The summed E-state index contributed by atoms with van der Waals surface area (Å²) in [6, 6.07) is 18.0. The van der Waals surface area contributed by atoms with E-state index >= 15 is 0 Å². The number of rotatable bonds is 8. The highest BCUT2D eigenvalue weighted by Gasteiger charge is 2.19. The summed E-state index contributed by atoms with van der Waals surface area (Å²) in [6.45, 7) is 5.03. The molecule has 2 aromatic carbocycles. The van der Waals surface area contributed by atoms with Crippen LogP contribution in [0.25, 0.3) is 0 Å². The predicted octanol–water partition coefficient (Wildman–Crippen LogP) is 4.56. The Bertz CT molecular complexity index is 590. The molecule has 1 atom stereocenters. The fraction of sp³-hybridized carbons (Fsp3) is 0.350. The third-order valence-electron chi connectivity index (χ3n) is 3.63. The number of benzene rings is 2. The molecule has 0 aliphatic carbocycles.